The Kier molecular flexibility index (Phi) is 17.5. The molecule has 0 aromatic rings. The summed E-state index contributed by atoms with van der Waals surface area (Å²) in [4.78, 5) is 0. The monoisotopic (exact) mass is 340 g/mol. The van der Waals surface area contributed by atoms with Crippen LogP contribution in [-0.2, 0) is 23.5 Å². The Hall–Kier alpha value is 1.37. The van der Waals surface area contributed by atoms with Crippen molar-refractivity contribution < 1.29 is 23.5 Å². The number of rotatable bonds is 2. The van der Waals surface area contributed by atoms with Crippen molar-refractivity contribution >= 4 is 24.8 Å². The predicted molar refractivity (Wildman–Crippen MR) is 41.9 cm³/mol. The van der Waals surface area contributed by atoms with Crippen LogP contribution in [0.5, 0.6) is 0 Å². The van der Waals surface area contributed by atoms with Crippen molar-refractivity contribution in [2.45, 2.75) is 0 Å². The molecule has 0 N–H and O–H groups in total. The Morgan fingerprint density at radius 3 is 1.00 bits per heavy atom. The minimum atomic E-state index is -0.485. The van der Waals surface area contributed by atoms with Gasteiger partial charge < -0.3 is 0 Å². The summed E-state index contributed by atoms with van der Waals surface area (Å²) < 4.78 is 4.64. The zero-order valence-corrected chi connectivity index (χ0v) is 11.4. The molecule has 0 aromatic heterocycles. The minimum Gasteiger partial charge on any atom is -0.147 e. The first-order valence-electron chi connectivity index (χ1n) is 2.24. The smallest absolute Gasteiger partial charge is 0.147 e. The van der Waals surface area contributed by atoms with E-state index >= 15 is 0 Å². The molecule has 5 heteroatoms. The SMILES string of the molecule is C[N](C)[Hf][N](C)C.Cl.Cl. The van der Waals surface area contributed by atoms with Gasteiger partial charge >= 0.3 is 57.4 Å². The van der Waals surface area contributed by atoms with Gasteiger partial charge in [-0.2, -0.15) is 0 Å². The van der Waals surface area contributed by atoms with E-state index in [0.29, 0.717) is 0 Å². The maximum atomic E-state index is 2.32. The van der Waals surface area contributed by atoms with Crippen molar-refractivity contribution in [2.75, 3.05) is 28.2 Å². The van der Waals surface area contributed by atoms with Gasteiger partial charge in [-0.25, -0.2) is 0 Å². The number of hydrogen-bond donors (Lipinski definition) is 0. The van der Waals surface area contributed by atoms with Gasteiger partial charge in [0.05, 0.1) is 0 Å². The van der Waals surface area contributed by atoms with Crippen LogP contribution in [0.1, 0.15) is 0 Å². The van der Waals surface area contributed by atoms with Crippen LogP contribution in [0.4, 0.5) is 0 Å². The summed E-state index contributed by atoms with van der Waals surface area (Å²) in [7, 11) is 8.57. The maximum absolute atomic E-state index is 2.32. The minimum absolute atomic E-state index is 0. The van der Waals surface area contributed by atoms with Crippen LogP contribution in [0.3, 0.4) is 0 Å². The summed E-state index contributed by atoms with van der Waals surface area (Å²) in [5.74, 6) is 0. The van der Waals surface area contributed by atoms with Crippen LogP contribution in [0, 0.1) is 0 Å². The van der Waals surface area contributed by atoms with E-state index in [0.717, 1.165) is 0 Å². The van der Waals surface area contributed by atoms with E-state index < -0.39 is 23.5 Å². The molecular weight excluding hydrogens is 325 g/mol. The molecule has 0 amide bonds. The summed E-state index contributed by atoms with van der Waals surface area (Å²) >= 11 is -0.485. The molecule has 2 nitrogen and oxygen atoms in total. The summed E-state index contributed by atoms with van der Waals surface area (Å²) in [5.41, 5.74) is 0. The molecule has 58 valence electrons. The molecular formula is C4H14Cl2HfN2. The van der Waals surface area contributed by atoms with Crippen LogP contribution < -0.4 is 0 Å². The van der Waals surface area contributed by atoms with Gasteiger partial charge in [-0.3, -0.25) is 0 Å². The quantitative estimate of drug-likeness (QED) is 0.689. The molecule has 0 heterocycles. The second-order valence-corrected chi connectivity index (χ2v) is 9.03. The fourth-order valence-electron chi connectivity index (χ4n) is 0.400. The first-order valence-corrected chi connectivity index (χ1v) is 5.45. The number of halogens is 2. The molecule has 0 aromatic carbocycles. The number of nitrogens with zero attached hydrogens (tertiary/aromatic N) is 2. The molecule has 0 rings (SSSR count). The zero-order chi connectivity index (χ0) is 5.86. The van der Waals surface area contributed by atoms with E-state index in [1.165, 1.54) is 0 Å². The normalized spacial score (nSPS) is 8.22. The van der Waals surface area contributed by atoms with Crippen LogP contribution >= 0.6 is 24.8 Å². The topological polar surface area (TPSA) is 6.48 Å². The molecule has 0 saturated carbocycles. The van der Waals surface area contributed by atoms with Gasteiger partial charge in [0.15, 0.2) is 0 Å². The van der Waals surface area contributed by atoms with E-state index in [-0.39, 0.29) is 24.8 Å². The third kappa shape index (κ3) is 17.6. The summed E-state index contributed by atoms with van der Waals surface area (Å²) in [6, 6.07) is 0. The second kappa shape index (κ2) is 9.37. The van der Waals surface area contributed by atoms with Gasteiger partial charge in [0, 0.05) is 0 Å². The standard InChI is InChI=1S/2C2H6N.2ClH.Hf/c2*1-3-2;;;/h2*1-2H3;2*1H;/q2*-1;;;+2. The fourth-order valence-corrected chi connectivity index (χ4v) is 3.27. The Bertz CT molecular complexity index is 45.8. The average molecular weight is 340 g/mol. The fraction of sp³-hybridized carbons (Fsp3) is 1.00. The van der Waals surface area contributed by atoms with Crippen LogP contribution in [0.15, 0.2) is 0 Å². The van der Waals surface area contributed by atoms with E-state index in [1.807, 2.05) is 0 Å². The van der Waals surface area contributed by atoms with Gasteiger partial charge in [-0.05, 0) is 0 Å². The Balaban J connectivity index is -0.000000180. The molecule has 0 aliphatic heterocycles. The molecule has 0 radical (unpaired) electrons. The molecule has 0 aliphatic carbocycles. The van der Waals surface area contributed by atoms with Crippen molar-refractivity contribution in [1.29, 1.82) is 0 Å². The van der Waals surface area contributed by atoms with Gasteiger partial charge in [0.25, 0.3) is 0 Å². The Morgan fingerprint density at radius 2 is 1.00 bits per heavy atom. The molecule has 0 atom stereocenters. The molecule has 0 saturated heterocycles. The number of hydrogen-bond acceptors (Lipinski definition) is 2. The third-order valence-electron chi connectivity index (χ3n) is 0.400. The largest absolute Gasteiger partial charge is 0.147 e. The molecule has 0 fully saturated rings. The Labute approximate surface area is 81.9 Å². The van der Waals surface area contributed by atoms with E-state index in [2.05, 4.69) is 34.0 Å². The molecule has 9 heavy (non-hydrogen) atoms. The summed E-state index contributed by atoms with van der Waals surface area (Å²) in [6.07, 6.45) is 0. The zero-order valence-electron chi connectivity index (χ0n) is 6.21. The van der Waals surface area contributed by atoms with Crippen LogP contribution in [0.25, 0.3) is 0 Å². The van der Waals surface area contributed by atoms with Gasteiger partial charge in [0.1, 0.15) is 0 Å². The van der Waals surface area contributed by atoms with Gasteiger partial charge in [0.2, 0.25) is 0 Å². The van der Waals surface area contributed by atoms with Crippen molar-refractivity contribution in [2.24, 2.45) is 0 Å². The average Bonchev–Trinajstić information content (AvgIpc) is 1.27. The van der Waals surface area contributed by atoms with Crippen LogP contribution in [-0.4, -0.2) is 34.0 Å². The first-order chi connectivity index (χ1) is 3.13. The van der Waals surface area contributed by atoms with Gasteiger partial charge in [-0.1, -0.05) is 0 Å². The van der Waals surface area contributed by atoms with Crippen molar-refractivity contribution in [3.63, 3.8) is 0 Å². The summed E-state index contributed by atoms with van der Waals surface area (Å²) in [6.45, 7) is 0. The Morgan fingerprint density at radius 1 is 0.778 bits per heavy atom. The van der Waals surface area contributed by atoms with E-state index in [4.69, 9.17) is 0 Å². The summed E-state index contributed by atoms with van der Waals surface area (Å²) in [5, 5.41) is 0. The molecule has 0 bridgehead atoms. The second-order valence-electron chi connectivity index (χ2n) is 1.89. The van der Waals surface area contributed by atoms with Crippen molar-refractivity contribution in [3.05, 3.63) is 0 Å². The molecule has 0 aliphatic rings. The predicted octanol–water partition coefficient (Wildman–Crippen LogP) is 0.866. The van der Waals surface area contributed by atoms with Crippen molar-refractivity contribution in [3.8, 4) is 0 Å². The van der Waals surface area contributed by atoms with Gasteiger partial charge in [-0.15, -0.1) is 24.8 Å². The van der Waals surface area contributed by atoms with E-state index in [1.54, 1.807) is 0 Å². The van der Waals surface area contributed by atoms with Crippen LogP contribution in [0.2, 0.25) is 0 Å². The maximum Gasteiger partial charge on any atom is -0.147 e. The van der Waals surface area contributed by atoms with Crippen molar-refractivity contribution in [1.82, 2.24) is 5.78 Å². The van der Waals surface area contributed by atoms with E-state index in [9.17, 15) is 0 Å². The third-order valence-corrected chi connectivity index (χ3v) is 3.27. The molecule has 0 spiro atoms. The first kappa shape index (κ1) is 16.8. The molecule has 0 unspecified atom stereocenters.